The number of aliphatic hydroxyl groups excluding tert-OH is 4. The van der Waals surface area contributed by atoms with Crippen LogP contribution in [-0.2, 0) is 9.47 Å². The zero-order valence-corrected chi connectivity index (χ0v) is 9.47. The average Bonchev–Trinajstić information content (AvgIpc) is 2.34. The Kier molecular flexibility index (Phi) is 9.80. The maximum absolute atomic E-state index is 9.02. The van der Waals surface area contributed by atoms with Crippen molar-refractivity contribution in [1.82, 2.24) is 0 Å². The van der Waals surface area contributed by atoms with E-state index in [0.29, 0.717) is 26.2 Å². The van der Waals surface area contributed by atoms with Gasteiger partial charge in [0.2, 0.25) is 0 Å². The molecule has 98 valence electrons. The van der Waals surface area contributed by atoms with Crippen LogP contribution in [0, 0.1) is 5.41 Å². The Bertz CT molecular complexity index is 140. The molecule has 0 fully saturated rings. The van der Waals surface area contributed by atoms with Crippen molar-refractivity contribution < 1.29 is 29.9 Å². The summed E-state index contributed by atoms with van der Waals surface area (Å²) < 4.78 is 10.2. The van der Waals surface area contributed by atoms with Crippen molar-refractivity contribution in [2.45, 2.75) is 6.42 Å². The normalized spacial score (nSPS) is 12.0. The summed E-state index contributed by atoms with van der Waals surface area (Å²) in [6, 6.07) is 0. The van der Waals surface area contributed by atoms with Gasteiger partial charge in [-0.2, -0.15) is 0 Å². The second-order valence-electron chi connectivity index (χ2n) is 3.67. The lowest BCUT2D eigenvalue weighted by Gasteiger charge is -2.26. The van der Waals surface area contributed by atoms with Crippen LogP contribution in [0.4, 0.5) is 0 Å². The molecular formula is C10H22O6. The highest BCUT2D eigenvalue weighted by atomic mass is 16.5. The SMILES string of the molecule is OCCOCCOCCC(CO)(CO)CO. The molecule has 0 aromatic heterocycles. The van der Waals surface area contributed by atoms with Crippen molar-refractivity contribution in [2.24, 2.45) is 5.41 Å². The summed E-state index contributed by atoms with van der Waals surface area (Å²) in [5.74, 6) is 0. The van der Waals surface area contributed by atoms with Gasteiger partial charge in [0.15, 0.2) is 0 Å². The predicted molar refractivity (Wildman–Crippen MR) is 57.0 cm³/mol. The number of aliphatic hydroxyl groups is 4. The lowest BCUT2D eigenvalue weighted by Crippen LogP contribution is -2.35. The Hall–Kier alpha value is -0.240. The monoisotopic (exact) mass is 238 g/mol. The molecule has 0 aliphatic heterocycles. The summed E-state index contributed by atoms with van der Waals surface area (Å²) in [5.41, 5.74) is -0.869. The molecule has 0 bridgehead atoms. The minimum Gasteiger partial charge on any atom is -0.396 e. The first-order valence-electron chi connectivity index (χ1n) is 5.33. The zero-order chi connectivity index (χ0) is 12.3. The van der Waals surface area contributed by atoms with Crippen molar-refractivity contribution in [3.05, 3.63) is 0 Å². The maximum atomic E-state index is 9.02. The molecule has 0 radical (unpaired) electrons. The van der Waals surface area contributed by atoms with E-state index in [-0.39, 0.29) is 33.0 Å². The molecule has 6 heteroatoms. The van der Waals surface area contributed by atoms with Gasteiger partial charge in [-0.15, -0.1) is 0 Å². The quantitative estimate of drug-likeness (QED) is 0.322. The molecule has 0 saturated carbocycles. The van der Waals surface area contributed by atoms with Crippen LogP contribution in [0.5, 0.6) is 0 Å². The first-order valence-corrected chi connectivity index (χ1v) is 5.33. The van der Waals surface area contributed by atoms with Crippen LogP contribution in [0.15, 0.2) is 0 Å². The molecule has 0 unspecified atom stereocenters. The third kappa shape index (κ3) is 6.37. The molecule has 0 amide bonds. The summed E-state index contributed by atoms with van der Waals surface area (Å²) in [6.45, 7) is 0.576. The number of ether oxygens (including phenoxy) is 2. The maximum Gasteiger partial charge on any atom is 0.0701 e. The largest absolute Gasteiger partial charge is 0.396 e. The van der Waals surface area contributed by atoms with Crippen LogP contribution in [0.3, 0.4) is 0 Å². The van der Waals surface area contributed by atoms with Gasteiger partial charge < -0.3 is 29.9 Å². The second-order valence-corrected chi connectivity index (χ2v) is 3.67. The van der Waals surface area contributed by atoms with Gasteiger partial charge in [0, 0.05) is 12.0 Å². The van der Waals surface area contributed by atoms with Gasteiger partial charge >= 0.3 is 0 Å². The van der Waals surface area contributed by atoms with E-state index in [1.165, 1.54) is 0 Å². The zero-order valence-electron chi connectivity index (χ0n) is 9.47. The molecule has 0 aliphatic carbocycles. The molecule has 0 spiro atoms. The van der Waals surface area contributed by atoms with Gasteiger partial charge in [-0.1, -0.05) is 0 Å². The van der Waals surface area contributed by atoms with Gasteiger partial charge in [0.1, 0.15) is 0 Å². The standard InChI is InChI=1S/C10H22O6/c11-2-4-16-6-5-15-3-1-10(7-12,8-13)9-14/h11-14H,1-9H2. The molecule has 0 heterocycles. The van der Waals surface area contributed by atoms with E-state index in [1.807, 2.05) is 0 Å². The van der Waals surface area contributed by atoms with E-state index in [1.54, 1.807) is 0 Å². The van der Waals surface area contributed by atoms with Crippen molar-refractivity contribution in [2.75, 3.05) is 52.9 Å². The molecule has 0 atom stereocenters. The van der Waals surface area contributed by atoms with Crippen LogP contribution in [0.1, 0.15) is 6.42 Å². The van der Waals surface area contributed by atoms with Crippen LogP contribution < -0.4 is 0 Å². The van der Waals surface area contributed by atoms with E-state index in [9.17, 15) is 0 Å². The Morgan fingerprint density at radius 3 is 1.62 bits per heavy atom. The van der Waals surface area contributed by atoms with Crippen molar-refractivity contribution in [3.63, 3.8) is 0 Å². The number of rotatable bonds is 11. The van der Waals surface area contributed by atoms with E-state index in [0.717, 1.165) is 0 Å². The van der Waals surface area contributed by atoms with Gasteiger partial charge in [0.25, 0.3) is 0 Å². The fraction of sp³-hybridized carbons (Fsp3) is 1.00. The summed E-state index contributed by atoms with van der Waals surface area (Å²) in [7, 11) is 0. The molecular weight excluding hydrogens is 216 g/mol. The summed E-state index contributed by atoms with van der Waals surface area (Å²) >= 11 is 0. The minimum absolute atomic E-state index is 0.0113. The highest BCUT2D eigenvalue weighted by Gasteiger charge is 2.27. The van der Waals surface area contributed by atoms with E-state index in [2.05, 4.69) is 0 Å². The lowest BCUT2D eigenvalue weighted by molar-refractivity contribution is -0.0291. The second kappa shape index (κ2) is 9.95. The third-order valence-electron chi connectivity index (χ3n) is 2.39. The third-order valence-corrected chi connectivity index (χ3v) is 2.39. The molecule has 0 rings (SSSR count). The fourth-order valence-corrected chi connectivity index (χ4v) is 1.06. The van der Waals surface area contributed by atoms with Crippen LogP contribution in [0.2, 0.25) is 0 Å². The van der Waals surface area contributed by atoms with Gasteiger partial charge in [-0.25, -0.2) is 0 Å². The Labute approximate surface area is 95.4 Å². The predicted octanol–water partition coefficient (Wildman–Crippen LogP) is -1.63. The van der Waals surface area contributed by atoms with Crippen molar-refractivity contribution in [1.29, 1.82) is 0 Å². The van der Waals surface area contributed by atoms with Crippen LogP contribution in [-0.4, -0.2) is 73.3 Å². The van der Waals surface area contributed by atoms with Crippen LogP contribution in [0.25, 0.3) is 0 Å². The number of hydrogen-bond donors (Lipinski definition) is 4. The Balaban J connectivity index is 3.48. The highest BCUT2D eigenvalue weighted by molar-refractivity contribution is 4.76. The average molecular weight is 238 g/mol. The number of hydrogen-bond acceptors (Lipinski definition) is 6. The lowest BCUT2D eigenvalue weighted by atomic mass is 9.88. The van der Waals surface area contributed by atoms with E-state index < -0.39 is 5.41 Å². The first-order chi connectivity index (χ1) is 7.74. The summed E-state index contributed by atoms with van der Waals surface area (Å²) in [6.07, 6.45) is 0.385. The van der Waals surface area contributed by atoms with Gasteiger partial charge in [-0.05, 0) is 6.42 Å². The van der Waals surface area contributed by atoms with E-state index in [4.69, 9.17) is 29.9 Å². The molecule has 6 nitrogen and oxygen atoms in total. The van der Waals surface area contributed by atoms with Crippen molar-refractivity contribution >= 4 is 0 Å². The molecule has 4 N–H and O–H groups in total. The molecule has 0 aromatic rings. The molecule has 16 heavy (non-hydrogen) atoms. The summed E-state index contributed by atoms with van der Waals surface area (Å²) in [5, 5.41) is 35.5. The molecule has 0 aliphatic rings. The highest BCUT2D eigenvalue weighted by Crippen LogP contribution is 2.19. The van der Waals surface area contributed by atoms with Gasteiger partial charge in [0.05, 0.1) is 46.2 Å². The summed E-state index contributed by atoms with van der Waals surface area (Å²) in [4.78, 5) is 0. The molecule has 0 aromatic carbocycles. The van der Waals surface area contributed by atoms with E-state index >= 15 is 0 Å². The Morgan fingerprint density at radius 1 is 0.688 bits per heavy atom. The Morgan fingerprint density at radius 2 is 1.19 bits per heavy atom. The van der Waals surface area contributed by atoms with Crippen molar-refractivity contribution in [3.8, 4) is 0 Å². The minimum atomic E-state index is -0.869. The fourth-order valence-electron chi connectivity index (χ4n) is 1.06. The van der Waals surface area contributed by atoms with Gasteiger partial charge in [-0.3, -0.25) is 0 Å². The smallest absolute Gasteiger partial charge is 0.0701 e. The molecule has 0 saturated heterocycles. The van der Waals surface area contributed by atoms with Crippen LogP contribution >= 0.6 is 0 Å². The first kappa shape index (κ1) is 15.8. The topological polar surface area (TPSA) is 99.4 Å².